The predicted octanol–water partition coefficient (Wildman–Crippen LogP) is 3.20. The fraction of sp³-hybridized carbons (Fsp3) is 0.348. The van der Waals surface area contributed by atoms with Gasteiger partial charge in [0.25, 0.3) is 0 Å². The second-order valence-corrected chi connectivity index (χ2v) is 7.38. The highest BCUT2D eigenvalue weighted by molar-refractivity contribution is 5.95. The first-order valence-corrected chi connectivity index (χ1v) is 9.79. The van der Waals surface area contributed by atoms with E-state index in [0.29, 0.717) is 43.6 Å². The summed E-state index contributed by atoms with van der Waals surface area (Å²) in [4.78, 5) is 38.6. The van der Waals surface area contributed by atoms with Crippen LogP contribution < -0.4 is 5.32 Å². The Bertz CT molecular complexity index is 901. The van der Waals surface area contributed by atoms with E-state index >= 15 is 0 Å². The van der Waals surface area contributed by atoms with Crippen LogP contribution in [0.25, 0.3) is 0 Å². The molecule has 0 radical (unpaired) electrons. The van der Waals surface area contributed by atoms with Crippen LogP contribution in [0.3, 0.4) is 0 Å². The zero-order valence-electron chi connectivity index (χ0n) is 16.8. The molecule has 0 aromatic heterocycles. The van der Waals surface area contributed by atoms with Crippen LogP contribution in [0.5, 0.6) is 0 Å². The maximum Gasteiger partial charge on any atom is 0.337 e. The van der Waals surface area contributed by atoms with E-state index in [1.807, 2.05) is 36.1 Å². The Kier molecular flexibility index (Phi) is 6.65. The minimum atomic E-state index is -0.443. The van der Waals surface area contributed by atoms with Crippen molar-refractivity contribution in [1.82, 2.24) is 4.90 Å². The molecule has 0 atom stereocenters. The van der Waals surface area contributed by atoms with Gasteiger partial charge in [-0.3, -0.25) is 9.59 Å². The molecule has 6 heteroatoms. The van der Waals surface area contributed by atoms with Gasteiger partial charge in [0, 0.05) is 24.7 Å². The number of nitrogens with zero attached hydrogens (tertiary/aromatic N) is 1. The number of aryl methyl sites for hydroxylation is 1. The molecular weight excluding hydrogens is 368 g/mol. The Hall–Kier alpha value is -3.15. The van der Waals surface area contributed by atoms with Crippen molar-refractivity contribution in [3.05, 3.63) is 65.2 Å². The maximum atomic E-state index is 12.6. The van der Waals surface area contributed by atoms with E-state index in [-0.39, 0.29) is 17.7 Å². The third-order valence-corrected chi connectivity index (χ3v) is 5.21. The van der Waals surface area contributed by atoms with Gasteiger partial charge in [-0.2, -0.15) is 0 Å². The predicted molar refractivity (Wildman–Crippen MR) is 111 cm³/mol. The van der Waals surface area contributed by atoms with E-state index in [1.165, 1.54) is 7.11 Å². The molecule has 1 fully saturated rings. The maximum absolute atomic E-state index is 12.6. The topological polar surface area (TPSA) is 75.7 Å². The molecule has 6 nitrogen and oxygen atoms in total. The molecule has 3 rings (SSSR count). The van der Waals surface area contributed by atoms with Crippen molar-refractivity contribution in [1.29, 1.82) is 0 Å². The Morgan fingerprint density at radius 2 is 1.79 bits per heavy atom. The lowest BCUT2D eigenvalue weighted by atomic mass is 9.95. The molecule has 1 heterocycles. The number of nitrogens with one attached hydrogen (secondary N) is 1. The largest absolute Gasteiger partial charge is 0.465 e. The van der Waals surface area contributed by atoms with Gasteiger partial charge in [-0.1, -0.05) is 35.9 Å². The number of methoxy groups -OCH3 is 1. The van der Waals surface area contributed by atoms with Crippen LogP contribution in [0.1, 0.15) is 34.3 Å². The summed E-state index contributed by atoms with van der Waals surface area (Å²) in [7, 11) is 1.32. The molecule has 1 aliphatic rings. The Morgan fingerprint density at radius 3 is 2.48 bits per heavy atom. The molecule has 1 aliphatic heterocycles. The van der Waals surface area contributed by atoms with E-state index < -0.39 is 5.97 Å². The molecule has 29 heavy (non-hydrogen) atoms. The highest BCUT2D eigenvalue weighted by atomic mass is 16.5. The van der Waals surface area contributed by atoms with E-state index in [2.05, 4.69) is 5.32 Å². The van der Waals surface area contributed by atoms with E-state index in [9.17, 15) is 14.4 Å². The number of likely N-dealkylation sites (tertiary alicyclic amines) is 1. The Morgan fingerprint density at radius 1 is 1.07 bits per heavy atom. The minimum Gasteiger partial charge on any atom is -0.465 e. The molecule has 152 valence electrons. The lowest BCUT2D eigenvalue weighted by Crippen LogP contribution is -2.42. The summed E-state index contributed by atoms with van der Waals surface area (Å²) in [5.41, 5.74) is 3.11. The molecular formula is C23H26N2O4. The highest BCUT2D eigenvalue weighted by Crippen LogP contribution is 2.21. The number of hydrogen-bond acceptors (Lipinski definition) is 4. The number of carbonyl (C=O) groups excluding carboxylic acids is 3. The number of carbonyl (C=O) groups is 3. The van der Waals surface area contributed by atoms with Crippen LogP contribution in [0.4, 0.5) is 5.69 Å². The van der Waals surface area contributed by atoms with Gasteiger partial charge >= 0.3 is 5.97 Å². The van der Waals surface area contributed by atoms with Crippen LogP contribution in [-0.2, 0) is 20.7 Å². The summed E-state index contributed by atoms with van der Waals surface area (Å²) in [6.07, 6.45) is 1.64. The number of benzene rings is 2. The van der Waals surface area contributed by atoms with Gasteiger partial charge in [-0.25, -0.2) is 4.79 Å². The zero-order valence-corrected chi connectivity index (χ0v) is 16.8. The average molecular weight is 394 g/mol. The van der Waals surface area contributed by atoms with Gasteiger partial charge in [0.2, 0.25) is 11.8 Å². The summed E-state index contributed by atoms with van der Waals surface area (Å²) < 4.78 is 4.71. The quantitative estimate of drug-likeness (QED) is 0.790. The highest BCUT2D eigenvalue weighted by Gasteiger charge is 2.27. The normalized spacial score (nSPS) is 14.3. The summed E-state index contributed by atoms with van der Waals surface area (Å²) in [5.74, 6) is -0.584. The second kappa shape index (κ2) is 9.37. The van der Waals surface area contributed by atoms with Crippen LogP contribution >= 0.6 is 0 Å². The fourth-order valence-electron chi connectivity index (χ4n) is 3.59. The summed E-state index contributed by atoms with van der Waals surface area (Å²) in [6, 6.07) is 14.7. The van der Waals surface area contributed by atoms with E-state index in [4.69, 9.17) is 4.74 Å². The standard InChI is InChI=1S/C23H26N2O4/c1-16-5-3-6-17(13-16)14-21(26)25-11-9-18(10-12-25)22(27)24-20-8-4-7-19(15-20)23(28)29-2/h3-8,13,15,18H,9-12,14H2,1-2H3,(H,24,27). The molecule has 0 bridgehead atoms. The van der Waals surface area contributed by atoms with Gasteiger partial charge in [0.15, 0.2) is 0 Å². The molecule has 1 N–H and O–H groups in total. The van der Waals surface area contributed by atoms with Crippen molar-refractivity contribution in [2.24, 2.45) is 5.92 Å². The Balaban J connectivity index is 1.51. The minimum absolute atomic E-state index is 0.0854. The monoisotopic (exact) mass is 394 g/mol. The van der Waals surface area contributed by atoms with Crippen LogP contribution in [0.15, 0.2) is 48.5 Å². The summed E-state index contributed by atoms with van der Waals surface area (Å²) in [5, 5.41) is 2.87. The number of rotatable bonds is 5. The average Bonchev–Trinajstić information content (AvgIpc) is 2.73. The first-order valence-electron chi connectivity index (χ1n) is 9.79. The third-order valence-electron chi connectivity index (χ3n) is 5.21. The van der Waals surface area contributed by atoms with Gasteiger partial charge in [0.1, 0.15) is 0 Å². The van der Waals surface area contributed by atoms with E-state index in [0.717, 1.165) is 11.1 Å². The second-order valence-electron chi connectivity index (χ2n) is 7.38. The lowest BCUT2D eigenvalue weighted by molar-refractivity contribution is -0.133. The number of esters is 1. The number of anilines is 1. The number of hydrogen-bond donors (Lipinski definition) is 1. The smallest absolute Gasteiger partial charge is 0.337 e. The molecule has 0 unspecified atom stereocenters. The van der Waals surface area contributed by atoms with Gasteiger partial charge < -0.3 is 15.0 Å². The molecule has 2 amide bonds. The van der Waals surface area contributed by atoms with Crippen molar-refractivity contribution >= 4 is 23.5 Å². The van der Waals surface area contributed by atoms with Crippen LogP contribution in [0.2, 0.25) is 0 Å². The zero-order chi connectivity index (χ0) is 20.8. The summed E-state index contributed by atoms with van der Waals surface area (Å²) >= 11 is 0. The van der Waals surface area contributed by atoms with Gasteiger partial charge in [0.05, 0.1) is 19.1 Å². The van der Waals surface area contributed by atoms with Gasteiger partial charge in [-0.05, 0) is 43.5 Å². The number of piperidine rings is 1. The van der Waals surface area contributed by atoms with Gasteiger partial charge in [-0.15, -0.1) is 0 Å². The van der Waals surface area contributed by atoms with Crippen LogP contribution in [0, 0.1) is 12.8 Å². The summed E-state index contributed by atoms with van der Waals surface area (Å²) in [6.45, 7) is 3.16. The van der Waals surface area contributed by atoms with E-state index in [1.54, 1.807) is 24.3 Å². The van der Waals surface area contributed by atoms with Crippen molar-refractivity contribution in [2.45, 2.75) is 26.2 Å². The molecule has 2 aromatic rings. The first kappa shape index (κ1) is 20.6. The Labute approximate surface area is 170 Å². The van der Waals surface area contributed by atoms with Crippen molar-refractivity contribution in [3.8, 4) is 0 Å². The molecule has 1 saturated heterocycles. The van der Waals surface area contributed by atoms with Crippen molar-refractivity contribution in [2.75, 3.05) is 25.5 Å². The lowest BCUT2D eigenvalue weighted by Gasteiger charge is -2.31. The molecule has 2 aromatic carbocycles. The first-order chi connectivity index (χ1) is 14.0. The number of amides is 2. The molecule has 0 aliphatic carbocycles. The van der Waals surface area contributed by atoms with Crippen molar-refractivity contribution < 1.29 is 19.1 Å². The molecule has 0 saturated carbocycles. The fourth-order valence-corrected chi connectivity index (χ4v) is 3.59. The SMILES string of the molecule is COC(=O)c1cccc(NC(=O)C2CCN(C(=O)Cc3cccc(C)c3)CC2)c1. The number of ether oxygens (including phenoxy) is 1. The molecule has 0 spiro atoms. The van der Waals surface area contributed by atoms with Crippen LogP contribution in [-0.4, -0.2) is 42.9 Å². The van der Waals surface area contributed by atoms with Crippen molar-refractivity contribution in [3.63, 3.8) is 0 Å². The third kappa shape index (κ3) is 5.44.